The zero-order chi connectivity index (χ0) is 8.43. The van der Waals surface area contributed by atoms with Crippen LogP contribution in [-0.4, -0.2) is 31.1 Å². The van der Waals surface area contributed by atoms with Crippen LogP contribution in [0, 0.1) is 5.92 Å². The zero-order valence-corrected chi connectivity index (χ0v) is 7.42. The Morgan fingerprint density at radius 1 is 1.55 bits per heavy atom. The Hall–Kier alpha value is -0.730. The first-order chi connectivity index (χ1) is 5.11. The van der Waals surface area contributed by atoms with Crippen LogP contribution in [0.2, 0.25) is 0 Å². The fourth-order valence-electron chi connectivity index (χ4n) is 1.04. The predicted molar refractivity (Wildman–Crippen MR) is 44.4 cm³/mol. The van der Waals surface area contributed by atoms with Gasteiger partial charge in [-0.3, -0.25) is 0 Å². The molecule has 0 bridgehead atoms. The van der Waals surface area contributed by atoms with E-state index in [0.717, 1.165) is 5.92 Å². The summed E-state index contributed by atoms with van der Waals surface area (Å²) in [6.07, 6.45) is 2.55. The fraction of sp³-hybridized carbons (Fsp3) is 0.875. The molecule has 0 spiro atoms. The van der Waals surface area contributed by atoms with Crippen molar-refractivity contribution in [2.75, 3.05) is 14.1 Å². The van der Waals surface area contributed by atoms with Crippen molar-refractivity contribution in [3.63, 3.8) is 0 Å². The average molecular weight is 156 g/mol. The van der Waals surface area contributed by atoms with Gasteiger partial charge in [-0.2, -0.15) is 0 Å². The molecule has 2 amide bonds. The molecule has 0 aliphatic heterocycles. The Morgan fingerprint density at radius 3 is 2.45 bits per heavy atom. The second kappa shape index (κ2) is 3.11. The lowest BCUT2D eigenvalue weighted by Crippen LogP contribution is -2.40. The molecule has 0 aromatic heterocycles. The molecule has 3 nitrogen and oxygen atoms in total. The molecule has 0 saturated heterocycles. The van der Waals surface area contributed by atoms with E-state index >= 15 is 0 Å². The monoisotopic (exact) mass is 156 g/mol. The van der Waals surface area contributed by atoms with Gasteiger partial charge >= 0.3 is 6.03 Å². The number of urea groups is 1. The Bertz CT molecular complexity index is 152. The van der Waals surface area contributed by atoms with Crippen molar-refractivity contribution < 1.29 is 4.79 Å². The van der Waals surface area contributed by atoms with E-state index < -0.39 is 0 Å². The minimum atomic E-state index is 0.0180. The Morgan fingerprint density at radius 2 is 2.09 bits per heavy atom. The maximum absolute atomic E-state index is 11.1. The van der Waals surface area contributed by atoms with E-state index in [9.17, 15) is 4.79 Å². The molecule has 1 aliphatic rings. The zero-order valence-electron chi connectivity index (χ0n) is 7.42. The van der Waals surface area contributed by atoms with Crippen LogP contribution >= 0.6 is 0 Å². The van der Waals surface area contributed by atoms with Gasteiger partial charge in [-0.25, -0.2) is 4.79 Å². The summed E-state index contributed by atoms with van der Waals surface area (Å²) in [6.45, 7) is 2.07. The van der Waals surface area contributed by atoms with Crippen molar-refractivity contribution in [3.8, 4) is 0 Å². The number of hydrogen-bond acceptors (Lipinski definition) is 1. The molecule has 64 valence electrons. The largest absolute Gasteiger partial charge is 0.335 e. The molecule has 1 N–H and O–H groups in total. The van der Waals surface area contributed by atoms with Gasteiger partial charge in [-0.1, -0.05) is 0 Å². The van der Waals surface area contributed by atoms with Gasteiger partial charge in [0.2, 0.25) is 0 Å². The number of carbonyl (C=O) groups is 1. The highest BCUT2D eigenvalue weighted by molar-refractivity contribution is 5.73. The van der Waals surface area contributed by atoms with Crippen LogP contribution in [0.3, 0.4) is 0 Å². The smallest absolute Gasteiger partial charge is 0.317 e. The van der Waals surface area contributed by atoms with Crippen LogP contribution in [-0.2, 0) is 0 Å². The third-order valence-electron chi connectivity index (χ3n) is 2.09. The summed E-state index contributed by atoms with van der Waals surface area (Å²) >= 11 is 0. The maximum Gasteiger partial charge on any atom is 0.317 e. The molecule has 11 heavy (non-hydrogen) atoms. The van der Waals surface area contributed by atoms with Crippen LogP contribution in [0.15, 0.2) is 0 Å². The quantitative estimate of drug-likeness (QED) is 0.637. The summed E-state index contributed by atoms with van der Waals surface area (Å²) in [5, 5.41) is 2.93. The van der Waals surface area contributed by atoms with Gasteiger partial charge < -0.3 is 10.2 Å². The number of nitrogens with one attached hydrogen (secondary N) is 1. The third-order valence-corrected chi connectivity index (χ3v) is 2.09. The van der Waals surface area contributed by atoms with Gasteiger partial charge in [0.25, 0.3) is 0 Å². The number of carbonyl (C=O) groups excluding carboxylic acids is 1. The SMILES string of the molecule is CC(NC(=O)N(C)C)C1CC1. The Kier molecular flexibility index (Phi) is 2.37. The van der Waals surface area contributed by atoms with Gasteiger partial charge in [-0.05, 0) is 25.7 Å². The standard InChI is InChI=1S/C8H16N2O/c1-6(7-4-5-7)9-8(11)10(2)3/h6-7H,4-5H2,1-3H3,(H,9,11). The van der Waals surface area contributed by atoms with Crippen molar-refractivity contribution in [2.24, 2.45) is 5.92 Å². The van der Waals surface area contributed by atoms with E-state index in [4.69, 9.17) is 0 Å². The number of rotatable bonds is 2. The van der Waals surface area contributed by atoms with Gasteiger partial charge in [0.1, 0.15) is 0 Å². The van der Waals surface area contributed by atoms with E-state index in [1.165, 1.54) is 12.8 Å². The summed E-state index contributed by atoms with van der Waals surface area (Å²) in [5.41, 5.74) is 0. The number of nitrogens with zero attached hydrogens (tertiary/aromatic N) is 1. The highest BCUT2D eigenvalue weighted by Gasteiger charge is 2.28. The molecule has 0 aromatic rings. The Labute approximate surface area is 67.8 Å². The van der Waals surface area contributed by atoms with Crippen LogP contribution in [0.1, 0.15) is 19.8 Å². The highest BCUT2D eigenvalue weighted by atomic mass is 16.2. The molecule has 0 radical (unpaired) electrons. The van der Waals surface area contributed by atoms with Crippen LogP contribution in [0.5, 0.6) is 0 Å². The van der Waals surface area contributed by atoms with Crippen LogP contribution < -0.4 is 5.32 Å². The lowest BCUT2D eigenvalue weighted by atomic mass is 10.2. The van der Waals surface area contributed by atoms with Gasteiger partial charge in [-0.15, -0.1) is 0 Å². The normalized spacial score (nSPS) is 19.2. The first-order valence-corrected chi connectivity index (χ1v) is 4.09. The van der Waals surface area contributed by atoms with Gasteiger partial charge in [0.15, 0.2) is 0 Å². The lowest BCUT2D eigenvalue weighted by molar-refractivity contribution is 0.212. The predicted octanol–water partition coefficient (Wildman–Crippen LogP) is 1.06. The molecule has 1 rings (SSSR count). The van der Waals surface area contributed by atoms with E-state index in [0.29, 0.717) is 6.04 Å². The summed E-state index contributed by atoms with van der Waals surface area (Å²) in [7, 11) is 3.52. The molecule has 1 fully saturated rings. The van der Waals surface area contributed by atoms with Crippen LogP contribution in [0.4, 0.5) is 4.79 Å². The van der Waals surface area contributed by atoms with Gasteiger partial charge in [0, 0.05) is 20.1 Å². The Balaban J connectivity index is 2.23. The van der Waals surface area contributed by atoms with E-state index in [2.05, 4.69) is 12.2 Å². The van der Waals surface area contributed by atoms with Crippen LogP contribution in [0.25, 0.3) is 0 Å². The van der Waals surface area contributed by atoms with Crippen molar-refractivity contribution in [1.82, 2.24) is 10.2 Å². The molecule has 1 unspecified atom stereocenters. The number of amides is 2. The first kappa shape index (κ1) is 8.37. The number of hydrogen-bond donors (Lipinski definition) is 1. The molecule has 1 aliphatic carbocycles. The summed E-state index contributed by atoms with van der Waals surface area (Å²) in [5.74, 6) is 0.735. The van der Waals surface area contributed by atoms with Crippen molar-refractivity contribution in [2.45, 2.75) is 25.8 Å². The van der Waals surface area contributed by atoms with E-state index in [-0.39, 0.29) is 6.03 Å². The fourth-order valence-corrected chi connectivity index (χ4v) is 1.04. The minimum absolute atomic E-state index is 0.0180. The van der Waals surface area contributed by atoms with Crippen molar-refractivity contribution >= 4 is 6.03 Å². The molecule has 1 atom stereocenters. The summed E-state index contributed by atoms with van der Waals surface area (Å²) in [4.78, 5) is 12.7. The van der Waals surface area contributed by atoms with Crippen molar-refractivity contribution in [3.05, 3.63) is 0 Å². The molecule has 0 aromatic carbocycles. The average Bonchev–Trinajstić information content (AvgIpc) is 2.67. The van der Waals surface area contributed by atoms with Gasteiger partial charge in [0.05, 0.1) is 0 Å². The minimum Gasteiger partial charge on any atom is -0.335 e. The topological polar surface area (TPSA) is 32.3 Å². The molecular formula is C8H16N2O. The molecule has 3 heteroatoms. The second-order valence-electron chi connectivity index (χ2n) is 3.47. The highest BCUT2D eigenvalue weighted by Crippen LogP contribution is 2.32. The molecule has 1 saturated carbocycles. The maximum atomic E-state index is 11.1. The lowest BCUT2D eigenvalue weighted by Gasteiger charge is -2.16. The van der Waals surface area contributed by atoms with E-state index in [1.54, 1.807) is 19.0 Å². The summed E-state index contributed by atoms with van der Waals surface area (Å²) in [6, 6.07) is 0.370. The van der Waals surface area contributed by atoms with E-state index in [1.807, 2.05) is 0 Å². The summed E-state index contributed by atoms with van der Waals surface area (Å²) < 4.78 is 0. The second-order valence-corrected chi connectivity index (χ2v) is 3.47. The van der Waals surface area contributed by atoms with Crippen molar-refractivity contribution in [1.29, 1.82) is 0 Å². The third kappa shape index (κ3) is 2.41. The molecular weight excluding hydrogens is 140 g/mol. The molecule has 0 heterocycles. The first-order valence-electron chi connectivity index (χ1n) is 4.09.